The summed E-state index contributed by atoms with van der Waals surface area (Å²) < 4.78 is 17.5. The van der Waals surface area contributed by atoms with Crippen molar-refractivity contribution in [2.45, 2.75) is 56.9 Å². The van der Waals surface area contributed by atoms with E-state index in [9.17, 15) is 0 Å². The standard InChI is InChI=1S/C11H18O4/c1-7-8(6-12)13-10-9(7)14-11(15-10)4-2-3-5-11/h7-10,12H,2-6H2,1H3. The van der Waals surface area contributed by atoms with Crippen LogP contribution >= 0.6 is 0 Å². The van der Waals surface area contributed by atoms with Gasteiger partial charge >= 0.3 is 0 Å². The van der Waals surface area contributed by atoms with Crippen molar-refractivity contribution in [1.82, 2.24) is 0 Å². The molecule has 0 aromatic carbocycles. The van der Waals surface area contributed by atoms with Gasteiger partial charge in [0.2, 0.25) is 0 Å². The minimum atomic E-state index is -0.357. The molecule has 0 radical (unpaired) electrons. The van der Waals surface area contributed by atoms with Crippen LogP contribution in [0.25, 0.3) is 0 Å². The molecule has 3 aliphatic rings. The molecule has 0 amide bonds. The van der Waals surface area contributed by atoms with Crippen molar-refractivity contribution in [3.05, 3.63) is 0 Å². The Morgan fingerprint density at radius 2 is 2.00 bits per heavy atom. The van der Waals surface area contributed by atoms with Gasteiger partial charge in [-0.1, -0.05) is 6.92 Å². The van der Waals surface area contributed by atoms with Crippen LogP contribution in [0.2, 0.25) is 0 Å². The molecule has 2 saturated heterocycles. The van der Waals surface area contributed by atoms with Gasteiger partial charge in [0.15, 0.2) is 12.1 Å². The minimum Gasteiger partial charge on any atom is -0.394 e. The maximum absolute atomic E-state index is 9.11. The van der Waals surface area contributed by atoms with Crippen molar-refractivity contribution >= 4 is 0 Å². The van der Waals surface area contributed by atoms with E-state index in [0.29, 0.717) is 0 Å². The molecular weight excluding hydrogens is 196 g/mol. The summed E-state index contributed by atoms with van der Waals surface area (Å²) in [6.07, 6.45) is 3.96. The molecule has 15 heavy (non-hydrogen) atoms. The van der Waals surface area contributed by atoms with E-state index < -0.39 is 0 Å². The Balaban J connectivity index is 1.73. The van der Waals surface area contributed by atoms with Gasteiger partial charge in [0.1, 0.15) is 6.10 Å². The van der Waals surface area contributed by atoms with Gasteiger partial charge in [-0.05, 0) is 12.8 Å². The fraction of sp³-hybridized carbons (Fsp3) is 1.00. The fourth-order valence-electron chi connectivity index (χ4n) is 2.94. The van der Waals surface area contributed by atoms with Crippen LogP contribution in [0.4, 0.5) is 0 Å². The summed E-state index contributed by atoms with van der Waals surface area (Å²) in [7, 11) is 0. The second-order valence-corrected chi connectivity index (χ2v) is 4.90. The Labute approximate surface area is 89.5 Å². The zero-order chi connectivity index (χ0) is 10.5. The molecule has 4 nitrogen and oxygen atoms in total. The summed E-state index contributed by atoms with van der Waals surface area (Å²) >= 11 is 0. The van der Waals surface area contributed by atoms with Crippen LogP contribution in [0, 0.1) is 5.92 Å². The normalized spacial score (nSPS) is 47.6. The van der Waals surface area contributed by atoms with E-state index in [0.717, 1.165) is 12.8 Å². The number of aliphatic hydroxyl groups excluding tert-OH is 1. The lowest BCUT2D eigenvalue weighted by Gasteiger charge is -2.25. The van der Waals surface area contributed by atoms with Gasteiger partial charge in [-0.15, -0.1) is 0 Å². The number of hydrogen-bond donors (Lipinski definition) is 1. The zero-order valence-electron chi connectivity index (χ0n) is 9.02. The molecule has 1 N–H and O–H groups in total. The molecule has 4 unspecified atom stereocenters. The van der Waals surface area contributed by atoms with Crippen molar-refractivity contribution in [1.29, 1.82) is 0 Å². The lowest BCUT2D eigenvalue weighted by molar-refractivity contribution is -0.227. The number of fused-ring (bicyclic) bond motifs is 1. The van der Waals surface area contributed by atoms with Gasteiger partial charge in [-0.25, -0.2) is 0 Å². The number of ether oxygens (including phenoxy) is 3. The molecule has 4 atom stereocenters. The lowest BCUT2D eigenvalue weighted by Crippen LogP contribution is -2.32. The molecule has 2 aliphatic heterocycles. The molecule has 1 aliphatic carbocycles. The third kappa shape index (κ3) is 1.43. The average Bonchev–Trinajstić information content (AvgIpc) is 2.88. The Morgan fingerprint density at radius 3 is 2.60 bits per heavy atom. The van der Waals surface area contributed by atoms with Crippen molar-refractivity contribution in [2.75, 3.05) is 6.61 Å². The average molecular weight is 214 g/mol. The van der Waals surface area contributed by atoms with Crippen LogP contribution in [0.3, 0.4) is 0 Å². The molecule has 4 heteroatoms. The smallest absolute Gasteiger partial charge is 0.187 e. The van der Waals surface area contributed by atoms with E-state index in [1.165, 1.54) is 12.8 Å². The maximum atomic E-state index is 9.11. The second kappa shape index (κ2) is 3.42. The molecule has 3 rings (SSSR count). The van der Waals surface area contributed by atoms with Crippen molar-refractivity contribution < 1.29 is 19.3 Å². The topological polar surface area (TPSA) is 47.9 Å². The van der Waals surface area contributed by atoms with Gasteiger partial charge in [-0.3, -0.25) is 0 Å². The highest BCUT2D eigenvalue weighted by Crippen LogP contribution is 2.47. The molecule has 0 bridgehead atoms. The Morgan fingerprint density at radius 1 is 1.27 bits per heavy atom. The summed E-state index contributed by atoms with van der Waals surface area (Å²) in [5.41, 5.74) is 0. The van der Waals surface area contributed by atoms with E-state index in [2.05, 4.69) is 6.92 Å². The van der Waals surface area contributed by atoms with Crippen LogP contribution in [-0.4, -0.2) is 36.0 Å². The quantitative estimate of drug-likeness (QED) is 0.708. The van der Waals surface area contributed by atoms with Gasteiger partial charge in [-0.2, -0.15) is 0 Å². The van der Waals surface area contributed by atoms with Crippen molar-refractivity contribution in [3.8, 4) is 0 Å². The highest BCUT2D eigenvalue weighted by atomic mass is 16.8. The monoisotopic (exact) mass is 214 g/mol. The summed E-state index contributed by atoms with van der Waals surface area (Å²) in [6, 6.07) is 0. The predicted octanol–water partition coefficient (Wildman–Crippen LogP) is 1.03. The molecule has 0 aromatic rings. The van der Waals surface area contributed by atoms with Crippen molar-refractivity contribution in [2.24, 2.45) is 5.92 Å². The van der Waals surface area contributed by atoms with Gasteiger partial charge in [0.25, 0.3) is 0 Å². The van der Waals surface area contributed by atoms with Gasteiger partial charge < -0.3 is 19.3 Å². The molecule has 3 fully saturated rings. The van der Waals surface area contributed by atoms with E-state index in [-0.39, 0.29) is 36.8 Å². The predicted molar refractivity (Wildman–Crippen MR) is 52.1 cm³/mol. The lowest BCUT2D eigenvalue weighted by atomic mass is 10.0. The number of rotatable bonds is 1. The van der Waals surface area contributed by atoms with E-state index >= 15 is 0 Å². The van der Waals surface area contributed by atoms with E-state index in [1.807, 2.05) is 0 Å². The first kappa shape index (κ1) is 10.0. The summed E-state index contributed by atoms with van der Waals surface area (Å²) in [5.74, 6) is -0.135. The van der Waals surface area contributed by atoms with Crippen LogP contribution < -0.4 is 0 Å². The Bertz CT molecular complexity index is 249. The molecule has 1 saturated carbocycles. The third-order valence-electron chi connectivity index (χ3n) is 3.91. The zero-order valence-corrected chi connectivity index (χ0v) is 9.02. The maximum Gasteiger partial charge on any atom is 0.187 e. The first-order valence-electron chi connectivity index (χ1n) is 5.86. The van der Waals surface area contributed by atoms with Crippen molar-refractivity contribution in [3.63, 3.8) is 0 Å². The molecule has 0 aromatic heterocycles. The van der Waals surface area contributed by atoms with E-state index in [1.54, 1.807) is 0 Å². The Kier molecular flexibility index (Phi) is 2.28. The largest absolute Gasteiger partial charge is 0.394 e. The molecular formula is C11H18O4. The van der Waals surface area contributed by atoms with Gasteiger partial charge in [0, 0.05) is 18.8 Å². The highest BCUT2D eigenvalue weighted by Gasteiger charge is 2.56. The SMILES string of the molecule is CC1C(CO)OC2OC3(CCCC3)OC21. The molecule has 86 valence electrons. The Hall–Kier alpha value is -0.160. The van der Waals surface area contributed by atoms with Gasteiger partial charge in [0.05, 0.1) is 12.7 Å². The first-order valence-corrected chi connectivity index (χ1v) is 5.86. The summed E-state index contributed by atoms with van der Waals surface area (Å²) in [5, 5.41) is 9.11. The number of aliphatic hydroxyl groups is 1. The summed E-state index contributed by atoms with van der Waals surface area (Å²) in [6.45, 7) is 2.11. The van der Waals surface area contributed by atoms with E-state index in [4.69, 9.17) is 19.3 Å². The fourth-order valence-corrected chi connectivity index (χ4v) is 2.94. The highest BCUT2D eigenvalue weighted by molar-refractivity contribution is 4.94. The number of hydrogen-bond acceptors (Lipinski definition) is 4. The van der Waals surface area contributed by atoms with Crippen LogP contribution in [0.1, 0.15) is 32.6 Å². The van der Waals surface area contributed by atoms with Crippen LogP contribution in [-0.2, 0) is 14.2 Å². The van der Waals surface area contributed by atoms with Crippen LogP contribution in [0.5, 0.6) is 0 Å². The third-order valence-corrected chi connectivity index (χ3v) is 3.91. The van der Waals surface area contributed by atoms with Crippen LogP contribution in [0.15, 0.2) is 0 Å². The first-order chi connectivity index (χ1) is 7.24. The molecule has 2 heterocycles. The molecule has 1 spiro atoms. The second-order valence-electron chi connectivity index (χ2n) is 4.90. The summed E-state index contributed by atoms with van der Waals surface area (Å²) in [4.78, 5) is 0. The minimum absolute atomic E-state index is 0.0141.